The van der Waals surface area contributed by atoms with Crippen molar-refractivity contribution in [2.75, 3.05) is 12.4 Å². The number of methoxy groups -OCH3 is 1. The second-order valence-corrected chi connectivity index (χ2v) is 9.10. The number of amides is 1. The van der Waals surface area contributed by atoms with Crippen LogP contribution in [0.3, 0.4) is 0 Å². The van der Waals surface area contributed by atoms with Gasteiger partial charge in [-0.15, -0.1) is 11.3 Å². The highest BCUT2D eigenvalue weighted by atomic mass is 32.1. The molecule has 2 N–H and O–H groups in total. The number of anilines is 1. The molecule has 0 saturated carbocycles. The van der Waals surface area contributed by atoms with Crippen LogP contribution in [0.4, 0.5) is 5.13 Å². The van der Waals surface area contributed by atoms with Gasteiger partial charge >= 0.3 is 5.97 Å². The average Bonchev–Trinajstić information content (AvgIpc) is 3.59. The van der Waals surface area contributed by atoms with Gasteiger partial charge in [0.15, 0.2) is 11.2 Å². The lowest BCUT2D eigenvalue weighted by Crippen LogP contribution is -2.32. The van der Waals surface area contributed by atoms with Crippen molar-refractivity contribution < 1.29 is 19.1 Å². The number of H-pyrrole nitrogens is 1. The van der Waals surface area contributed by atoms with Gasteiger partial charge in [0.2, 0.25) is 0 Å². The fourth-order valence-electron chi connectivity index (χ4n) is 3.80. The number of carbonyl (C=O) groups excluding carboxylic acids is 2. The number of carbonyl (C=O) groups is 2. The molecule has 0 aliphatic carbocycles. The van der Waals surface area contributed by atoms with E-state index in [1.165, 1.54) is 11.3 Å². The number of rotatable bonds is 8. The summed E-state index contributed by atoms with van der Waals surface area (Å²) >= 11 is 1.32. The highest BCUT2D eigenvalue weighted by Gasteiger charge is 2.23. The largest absolute Gasteiger partial charge is 0.497 e. The van der Waals surface area contributed by atoms with Crippen LogP contribution in [0.1, 0.15) is 23.7 Å². The van der Waals surface area contributed by atoms with Gasteiger partial charge in [0.25, 0.3) is 5.91 Å². The summed E-state index contributed by atoms with van der Waals surface area (Å²) in [4.78, 5) is 38.0. The van der Waals surface area contributed by atoms with Gasteiger partial charge in [-0.2, -0.15) is 0 Å². The molecule has 1 atom stereocenters. The maximum absolute atomic E-state index is 12.9. The van der Waals surface area contributed by atoms with Crippen LogP contribution in [-0.2, 0) is 9.53 Å². The number of aromatic amines is 1. The molecule has 5 aromatic rings. The van der Waals surface area contributed by atoms with Crippen LogP contribution in [-0.4, -0.2) is 40.0 Å². The first-order valence-corrected chi connectivity index (χ1v) is 12.6. The van der Waals surface area contributed by atoms with E-state index in [2.05, 4.69) is 20.3 Å². The highest BCUT2D eigenvalue weighted by Crippen LogP contribution is 2.26. The molecule has 0 spiro atoms. The van der Waals surface area contributed by atoms with E-state index in [1.54, 1.807) is 32.2 Å². The van der Waals surface area contributed by atoms with Crippen LogP contribution in [0.15, 0.2) is 78.2 Å². The average molecular weight is 513 g/mol. The normalized spacial score (nSPS) is 11.7. The van der Waals surface area contributed by atoms with E-state index >= 15 is 0 Å². The number of benzene rings is 3. The number of hydrogen-bond donors (Lipinski definition) is 2. The van der Waals surface area contributed by atoms with Crippen molar-refractivity contribution in [3.63, 3.8) is 0 Å². The van der Waals surface area contributed by atoms with Crippen molar-refractivity contribution in [1.29, 1.82) is 0 Å². The number of ether oxygens (including phenoxy) is 2. The number of hydrogen-bond acceptors (Lipinski definition) is 7. The molecule has 0 saturated heterocycles. The van der Waals surface area contributed by atoms with Gasteiger partial charge < -0.3 is 14.5 Å². The Morgan fingerprint density at radius 3 is 2.51 bits per heavy atom. The quantitative estimate of drug-likeness (QED) is 0.249. The lowest BCUT2D eigenvalue weighted by atomic mass is 10.2. The molecule has 37 heavy (non-hydrogen) atoms. The van der Waals surface area contributed by atoms with Crippen molar-refractivity contribution in [2.45, 2.75) is 19.4 Å². The highest BCUT2D eigenvalue weighted by molar-refractivity contribution is 7.14. The molecule has 5 rings (SSSR count). The first-order valence-electron chi connectivity index (χ1n) is 11.7. The summed E-state index contributed by atoms with van der Waals surface area (Å²) < 4.78 is 10.8. The summed E-state index contributed by atoms with van der Waals surface area (Å²) in [6.07, 6.45) is -0.633. The van der Waals surface area contributed by atoms with Crippen molar-refractivity contribution in [1.82, 2.24) is 15.0 Å². The summed E-state index contributed by atoms with van der Waals surface area (Å²) in [6.45, 7) is 1.79. The predicted octanol–water partition coefficient (Wildman–Crippen LogP) is 5.94. The summed E-state index contributed by atoms with van der Waals surface area (Å²) in [7, 11) is 1.62. The molecular weight excluding hydrogens is 488 g/mol. The first-order chi connectivity index (χ1) is 18.0. The Kier molecular flexibility index (Phi) is 6.96. The number of imidazole rings is 1. The molecule has 9 heteroatoms. The van der Waals surface area contributed by atoms with Crippen LogP contribution in [0.5, 0.6) is 5.75 Å². The van der Waals surface area contributed by atoms with E-state index in [1.807, 2.05) is 60.0 Å². The van der Waals surface area contributed by atoms with Gasteiger partial charge in [-0.1, -0.05) is 37.3 Å². The topological polar surface area (TPSA) is 106 Å². The van der Waals surface area contributed by atoms with Crippen LogP contribution in [0, 0.1) is 0 Å². The van der Waals surface area contributed by atoms with Crippen molar-refractivity contribution in [3.05, 3.63) is 83.7 Å². The zero-order valence-electron chi connectivity index (χ0n) is 20.2. The van der Waals surface area contributed by atoms with E-state index in [0.29, 0.717) is 34.0 Å². The minimum Gasteiger partial charge on any atom is -0.497 e. The lowest BCUT2D eigenvalue weighted by Gasteiger charge is -2.15. The van der Waals surface area contributed by atoms with E-state index in [9.17, 15) is 9.59 Å². The van der Waals surface area contributed by atoms with E-state index in [0.717, 1.165) is 22.6 Å². The second kappa shape index (κ2) is 10.6. The molecule has 0 radical (unpaired) electrons. The van der Waals surface area contributed by atoms with E-state index in [4.69, 9.17) is 9.47 Å². The summed E-state index contributed by atoms with van der Waals surface area (Å²) in [5.41, 5.74) is 4.35. The third-order valence-corrected chi connectivity index (χ3v) is 6.56. The Balaban J connectivity index is 1.27. The maximum Gasteiger partial charge on any atom is 0.338 e. The standard InChI is InChI=1S/C28H24N4O4S/c1-3-24(26(33)32-28-31-23(16-37-28)17-7-5-4-6-8-17)36-27(34)19-11-14-21-22(15-19)30-25(29-21)18-9-12-20(35-2)13-10-18/h4-16,24H,3H2,1-2H3,(H,29,30)(H,31,32,33). The second-order valence-electron chi connectivity index (χ2n) is 8.24. The molecule has 1 unspecified atom stereocenters. The number of aromatic nitrogens is 3. The number of nitrogens with one attached hydrogen (secondary N) is 2. The van der Waals surface area contributed by atoms with Gasteiger partial charge in [0.05, 0.1) is 29.4 Å². The molecule has 2 heterocycles. The molecule has 186 valence electrons. The minimum atomic E-state index is -0.955. The molecule has 0 aliphatic heterocycles. The number of esters is 1. The smallest absolute Gasteiger partial charge is 0.338 e. The third-order valence-electron chi connectivity index (χ3n) is 5.80. The van der Waals surface area contributed by atoms with Crippen LogP contribution in [0.2, 0.25) is 0 Å². The molecule has 2 aromatic heterocycles. The fraction of sp³-hybridized carbons (Fsp3) is 0.143. The van der Waals surface area contributed by atoms with Gasteiger partial charge in [-0.25, -0.2) is 14.8 Å². The van der Waals surface area contributed by atoms with Crippen LogP contribution < -0.4 is 10.1 Å². The Morgan fingerprint density at radius 1 is 1.00 bits per heavy atom. The lowest BCUT2D eigenvalue weighted by molar-refractivity contribution is -0.124. The van der Waals surface area contributed by atoms with Gasteiger partial charge in [0.1, 0.15) is 11.6 Å². The van der Waals surface area contributed by atoms with E-state index < -0.39 is 18.0 Å². The zero-order chi connectivity index (χ0) is 25.8. The van der Waals surface area contributed by atoms with Crippen LogP contribution in [0.25, 0.3) is 33.7 Å². The van der Waals surface area contributed by atoms with Crippen molar-refractivity contribution in [2.24, 2.45) is 0 Å². The Morgan fingerprint density at radius 2 is 1.78 bits per heavy atom. The summed E-state index contributed by atoms with van der Waals surface area (Å²) in [5, 5.41) is 5.09. The van der Waals surface area contributed by atoms with Crippen LogP contribution >= 0.6 is 11.3 Å². The molecule has 0 aliphatic rings. The first kappa shape index (κ1) is 24.2. The predicted molar refractivity (Wildman–Crippen MR) is 144 cm³/mol. The molecule has 3 aromatic carbocycles. The molecule has 0 fully saturated rings. The molecular formula is C28H24N4O4S. The molecule has 0 bridgehead atoms. The van der Waals surface area contributed by atoms with Gasteiger partial charge in [-0.05, 0) is 48.9 Å². The van der Waals surface area contributed by atoms with E-state index in [-0.39, 0.29) is 0 Å². The van der Waals surface area contributed by atoms with Gasteiger partial charge in [0, 0.05) is 16.5 Å². The third kappa shape index (κ3) is 5.36. The van der Waals surface area contributed by atoms with Crippen molar-refractivity contribution in [3.8, 4) is 28.4 Å². The zero-order valence-corrected chi connectivity index (χ0v) is 21.0. The maximum atomic E-state index is 12.9. The monoisotopic (exact) mass is 512 g/mol. The Bertz CT molecular complexity index is 1540. The summed E-state index contributed by atoms with van der Waals surface area (Å²) in [5.74, 6) is 0.418. The number of fused-ring (bicyclic) bond motifs is 1. The fourth-order valence-corrected chi connectivity index (χ4v) is 4.52. The minimum absolute atomic E-state index is 0.322. The molecule has 8 nitrogen and oxygen atoms in total. The Hall–Kier alpha value is -4.50. The SMILES string of the molecule is CCC(OC(=O)c1ccc2nc(-c3ccc(OC)cc3)[nH]c2c1)C(=O)Nc1nc(-c2ccccc2)cs1. The number of thiazole rings is 1. The van der Waals surface area contributed by atoms with Crippen molar-refractivity contribution >= 4 is 39.4 Å². The Labute approximate surface area is 217 Å². The van der Waals surface area contributed by atoms with Gasteiger partial charge in [-0.3, -0.25) is 10.1 Å². The summed E-state index contributed by atoms with van der Waals surface area (Å²) in [6, 6.07) is 22.3. The number of nitrogens with zero attached hydrogens (tertiary/aromatic N) is 2. The molecule has 1 amide bonds.